The summed E-state index contributed by atoms with van der Waals surface area (Å²) in [6, 6.07) is 18.4. The summed E-state index contributed by atoms with van der Waals surface area (Å²) in [6.07, 6.45) is 1.41. The van der Waals surface area contributed by atoms with Crippen LogP contribution in [-0.2, 0) is 4.79 Å². The van der Waals surface area contributed by atoms with Crippen LogP contribution < -0.4 is 10.7 Å². The maximum Gasteiger partial charge on any atom is 0.262 e. The van der Waals surface area contributed by atoms with Gasteiger partial charge in [-0.1, -0.05) is 52.3 Å². The molecule has 0 bridgehead atoms. The minimum absolute atomic E-state index is 0.0909. The molecule has 3 rings (SSSR count). The van der Waals surface area contributed by atoms with Crippen molar-refractivity contribution in [3.05, 3.63) is 70.7 Å². The number of fused-ring (bicyclic) bond motifs is 1. The molecule has 3 aromatic rings. The normalized spacial score (nSPS) is 12.2. The zero-order valence-corrected chi connectivity index (χ0v) is 15.7. The molecule has 26 heavy (non-hydrogen) atoms. The number of nitrogens with one attached hydrogen (secondary N) is 2. The standard InChI is InChI=1S/C20H18BrN3O2/c1-13(23-18-8-4-6-14-5-2-3-7-17(14)18)20(26)24-22-12-15-11-16(21)9-10-19(15)25/h2-13,23,25H,1H3,(H,24,26)/b22-12-/t13-/m1/s1. The number of benzene rings is 3. The van der Waals surface area contributed by atoms with E-state index in [1.54, 1.807) is 25.1 Å². The van der Waals surface area contributed by atoms with Crippen molar-refractivity contribution in [1.82, 2.24) is 5.43 Å². The Hall–Kier alpha value is -2.86. The number of carbonyl (C=O) groups is 1. The molecule has 0 fully saturated rings. The number of anilines is 1. The highest BCUT2D eigenvalue weighted by Gasteiger charge is 2.13. The van der Waals surface area contributed by atoms with E-state index in [2.05, 4.69) is 31.8 Å². The molecule has 1 amide bonds. The molecule has 3 aromatic carbocycles. The van der Waals surface area contributed by atoms with Crippen molar-refractivity contribution < 1.29 is 9.90 Å². The molecule has 0 heterocycles. The topological polar surface area (TPSA) is 73.7 Å². The van der Waals surface area contributed by atoms with Gasteiger partial charge in [0.1, 0.15) is 11.8 Å². The molecule has 0 aliphatic heterocycles. The van der Waals surface area contributed by atoms with Crippen molar-refractivity contribution >= 4 is 44.5 Å². The zero-order valence-electron chi connectivity index (χ0n) is 14.1. The van der Waals surface area contributed by atoms with Crippen LogP contribution in [-0.4, -0.2) is 23.3 Å². The Morgan fingerprint density at radius 2 is 1.92 bits per heavy atom. The third kappa shape index (κ3) is 4.21. The van der Waals surface area contributed by atoms with E-state index in [0.29, 0.717) is 5.56 Å². The second-order valence-electron chi connectivity index (χ2n) is 5.83. The van der Waals surface area contributed by atoms with Gasteiger partial charge >= 0.3 is 0 Å². The highest BCUT2D eigenvalue weighted by atomic mass is 79.9. The van der Waals surface area contributed by atoms with Crippen LogP contribution in [0.3, 0.4) is 0 Å². The van der Waals surface area contributed by atoms with Crippen molar-refractivity contribution in [2.24, 2.45) is 5.10 Å². The molecule has 0 saturated heterocycles. The number of rotatable bonds is 5. The minimum Gasteiger partial charge on any atom is -0.507 e. The molecule has 0 unspecified atom stereocenters. The molecule has 132 valence electrons. The Kier molecular flexibility index (Phi) is 5.53. The number of amides is 1. The first-order valence-corrected chi connectivity index (χ1v) is 8.89. The summed E-state index contributed by atoms with van der Waals surface area (Å²) < 4.78 is 0.814. The van der Waals surface area contributed by atoms with Crippen LogP contribution in [0.4, 0.5) is 5.69 Å². The fourth-order valence-corrected chi connectivity index (χ4v) is 2.92. The summed E-state index contributed by atoms with van der Waals surface area (Å²) in [6.45, 7) is 1.77. The lowest BCUT2D eigenvalue weighted by Gasteiger charge is -2.15. The smallest absolute Gasteiger partial charge is 0.262 e. The third-order valence-corrected chi connectivity index (χ3v) is 4.42. The van der Waals surface area contributed by atoms with Gasteiger partial charge in [-0.05, 0) is 36.6 Å². The predicted molar refractivity (Wildman–Crippen MR) is 109 cm³/mol. The monoisotopic (exact) mass is 411 g/mol. The average molecular weight is 412 g/mol. The van der Waals surface area contributed by atoms with Gasteiger partial charge in [-0.3, -0.25) is 4.79 Å². The lowest BCUT2D eigenvalue weighted by atomic mass is 10.1. The van der Waals surface area contributed by atoms with Crippen molar-refractivity contribution in [3.63, 3.8) is 0 Å². The maximum absolute atomic E-state index is 12.3. The number of hydrazone groups is 1. The van der Waals surface area contributed by atoms with E-state index in [4.69, 9.17) is 0 Å². The summed E-state index contributed by atoms with van der Waals surface area (Å²) in [7, 11) is 0. The summed E-state index contributed by atoms with van der Waals surface area (Å²) in [5, 5.41) is 19.1. The van der Waals surface area contributed by atoms with Crippen LogP contribution >= 0.6 is 15.9 Å². The third-order valence-electron chi connectivity index (χ3n) is 3.92. The van der Waals surface area contributed by atoms with E-state index in [1.165, 1.54) is 6.21 Å². The molecule has 0 aliphatic rings. The number of hydrogen-bond donors (Lipinski definition) is 3. The lowest BCUT2D eigenvalue weighted by Crippen LogP contribution is -2.34. The van der Waals surface area contributed by atoms with Crippen molar-refractivity contribution in [1.29, 1.82) is 0 Å². The van der Waals surface area contributed by atoms with E-state index in [0.717, 1.165) is 20.9 Å². The zero-order chi connectivity index (χ0) is 18.5. The molecule has 0 radical (unpaired) electrons. The number of aromatic hydroxyl groups is 1. The highest BCUT2D eigenvalue weighted by Crippen LogP contribution is 2.23. The molecule has 1 atom stereocenters. The Balaban J connectivity index is 1.66. The van der Waals surface area contributed by atoms with Crippen LogP contribution in [0.5, 0.6) is 5.75 Å². The molecule has 0 aliphatic carbocycles. The Labute approximate surface area is 159 Å². The molecule has 0 aromatic heterocycles. The van der Waals surface area contributed by atoms with Gasteiger partial charge < -0.3 is 10.4 Å². The average Bonchev–Trinajstić information content (AvgIpc) is 2.64. The number of phenols is 1. The molecule has 5 nitrogen and oxygen atoms in total. The summed E-state index contributed by atoms with van der Waals surface area (Å²) >= 11 is 3.33. The van der Waals surface area contributed by atoms with Gasteiger partial charge in [0.2, 0.25) is 0 Å². The van der Waals surface area contributed by atoms with Gasteiger partial charge in [0.25, 0.3) is 5.91 Å². The number of halogens is 1. The Morgan fingerprint density at radius 1 is 1.15 bits per heavy atom. The molecular weight excluding hydrogens is 394 g/mol. The van der Waals surface area contributed by atoms with Gasteiger partial charge in [0, 0.05) is 21.1 Å². The van der Waals surface area contributed by atoms with Crippen LogP contribution in [0.1, 0.15) is 12.5 Å². The summed E-state index contributed by atoms with van der Waals surface area (Å²) in [5.74, 6) is -0.184. The van der Waals surface area contributed by atoms with Crippen LogP contribution in [0.2, 0.25) is 0 Å². The van der Waals surface area contributed by atoms with E-state index in [1.807, 2.05) is 42.5 Å². The van der Waals surface area contributed by atoms with Crippen LogP contribution in [0, 0.1) is 0 Å². The SMILES string of the molecule is C[C@@H](Nc1cccc2ccccc12)C(=O)N/N=C\c1cc(Br)ccc1O. The first-order valence-electron chi connectivity index (χ1n) is 8.10. The van der Waals surface area contributed by atoms with Gasteiger partial charge in [-0.25, -0.2) is 5.43 Å². The van der Waals surface area contributed by atoms with E-state index in [-0.39, 0.29) is 11.7 Å². The van der Waals surface area contributed by atoms with Gasteiger partial charge in [0.05, 0.1) is 6.21 Å². The van der Waals surface area contributed by atoms with Crippen molar-refractivity contribution in [2.75, 3.05) is 5.32 Å². The van der Waals surface area contributed by atoms with E-state index < -0.39 is 6.04 Å². The first kappa shape index (κ1) is 17.9. The maximum atomic E-state index is 12.3. The van der Waals surface area contributed by atoms with Gasteiger partial charge in [0.15, 0.2) is 0 Å². The fraction of sp³-hybridized carbons (Fsp3) is 0.100. The number of hydrogen-bond acceptors (Lipinski definition) is 4. The van der Waals surface area contributed by atoms with E-state index >= 15 is 0 Å². The molecule has 6 heteroatoms. The second-order valence-corrected chi connectivity index (χ2v) is 6.75. The van der Waals surface area contributed by atoms with Crippen LogP contribution in [0.25, 0.3) is 10.8 Å². The molecule has 3 N–H and O–H groups in total. The van der Waals surface area contributed by atoms with E-state index in [9.17, 15) is 9.90 Å². The number of phenolic OH excluding ortho intramolecular Hbond substituents is 1. The lowest BCUT2D eigenvalue weighted by molar-refractivity contribution is -0.121. The number of carbonyl (C=O) groups excluding carboxylic acids is 1. The summed E-state index contributed by atoms with van der Waals surface area (Å²) in [4.78, 5) is 12.3. The highest BCUT2D eigenvalue weighted by molar-refractivity contribution is 9.10. The second kappa shape index (κ2) is 8.01. The van der Waals surface area contributed by atoms with Gasteiger partial charge in [-0.15, -0.1) is 0 Å². The minimum atomic E-state index is -0.478. The summed E-state index contributed by atoms with van der Waals surface area (Å²) in [5.41, 5.74) is 3.88. The fourth-order valence-electron chi connectivity index (χ4n) is 2.54. The molecule has 0 spiro atoms. The Bertz CT molecular complexity index is 967. The number of nitrogens with zero attached hydrogens (tertiary/aromatic N) is 1. The van der Waals surface area contributed by atoms with Crippen molar-refractivity contribution in [2.45, 2.75) is 13.0 Å². The molecular formula is C20H18BrN3O2. The molecule has 0 saturated carbocycles. The van der Waals surface area contributed by atoms with Crippen molar-refractivity contribution in [3.8, 4) is 5.75 Å². The predicted octanol–water partition coefficient (Wildman–Crippen LogP) is 4.26. The largest absolute Gasteiger partial charge is 0.507 e. The van der Waals surface area contributed by atoms with Gasteiger partial charge in [-0.2, -0.15) is 5.10 Å². The first-order chi connectivity index (χ1) is 12.5. The van der Waals surface area contributed by atoms with Crippen LogP contribution in [0.15, 0.2) is 70.2 Å². The Morgan fingerprint density at radius 3 is 2.77 bits per heavy atom. The quantitative estimate of drug-likeness (QED) is 0.433.